The van der Waals surface area contributed by atoms with Crippen LogP contribution in [0.4, 0.5) is 0 Å². The molecule has 0 radical (unpaired) electrons. The van der Waals surface area contributed by atoms with Crippen molar-refractivity contribution in [1.29, 1.82) is 0 Å². The van der Waals surface area contributed by atoms with E-state index in [4.69, 9.17) is 15.2 Å². The monoisotopic (exact) mass is 201 g/mol. The van der Waals surface area contributed by atoms with Crippen LogP contribution < -0.4 is 5.73 Å². The number of hydrogen-bond acceptors (Lipinski definition) is 3. The van der Waals surface area contributed by atoms with Gasteiger partial charge in [0.1, 0.15) is 0 Å². The predicted molar refractivity (Wildman–Crippen MR) is 56.9 cm³/mol. The maximum absolute atomic E-state index is 5.72. The van der Waals surface area contributed by atoms with E-state index in [0.29, 0.717) is 25.0 Å². The Labute approximate surface area is 86.9 Å². The molecule has 0 unspecified atom stereocenters. The van der Waals surface area contributed by atoms with Crippen LogP contribution in [0.1, 0.15) is 27.7 Å². The van der Waals surface area contributed by atoms with Crippen LogP contribution in [0.2, 0.25) is 0 Å². The Bertz CT molecular complexity index is 176. The van der Waals surface area contributed by atoms with Crippen LogP contribution in [0.3, 0.4) is 0 Å². The van der Waals surface area contributed by atoms with Gasteiger partial charge in [-0.25, -0.2) is 0 Å². The summed E-state index contributed by atoms with van der Waals surface area (Å²) in [4.78, 5) is 0. The van der Waals surface area contributed by atoms with Crippen LogP contribution in [0.15, 0.2) is 0 Å². The summed E-state index contributed by atoms with van der Waals surface area (Å²) >= 11 is 0. The van der Waals surface area contributed by atoms with Crippen molar-refractivity contribution in [2.45, 2.75) is 34.0 Å². The lowest BCUT2D eigenvalue weighted by Crippen LogP contribution is -2.23. The smallest absolute Gasteiger partial charge is 0.161 e. The summed E-state index contributed by atoms with van der Waals surface area (Å²) in [6, 6.07) is 0. The Balaban J connectivity index is 2.53. The molecule has 1 aliphatic rings. The molecule has 0 aliphatic heterocycles. The first-order chi connectivity index (χ1) is 6.59. The second-order valence-corrected chi connectivity index (χ2v) is 4.47. The van der Waals surface area contributed by atoms with Gasteiger partial charge in [0.15, 0.2) is 6.29 Å². The molecule has 2 atom stereocenters. The molecule has 3 nitrogen and oxygen atoms in total. The van der Waals surface area contributed by atoms with Crippen molar-refractivity contribution < 1.29 is 9.47 Å². The first-order valence-electron chi connectivity index (χ1n) is 5.52. The predicted octanol–water partition coefficient (Wildman–Crippen LogP) is 1.62. The molecule has 3 heteroatoms. The maximum atomic E-state index is 5.72. The second-order valence-electron chi connectivity index (χ2n) is 4.47. The van der Waals surface area contributed by atoms with E-state index in [0.717, 1.165) is 6.54 Å². The molecule has 0 bridgehead atoms. The molecular weight excluding hydrogens is 178 g/mol. The number of nitrogens with two attached hydrogens (primary N) is 1. The quantitative estimate of drug-likeness (QED) is 0.664. The molecule has 1 rings (SSSR count). The lowest BCUT2D eigenvalue weighted by atomic mass is 10.1. The first-order valence-corrected chi connectivity index (χ1v) is 5.52. The first kappa shape index (κ1) is 12.0. The molecular formula is C11H23NO2. The molecule has 0 aromatic rings. The van der Waals surface area contributed by atoms with Gasteiger partial charge < -0.3 is 15.2 Å². The summed E-state index contributed by atoms with van der Waals surface area (Å²) in [5, 5.41) is 0. The minimum atomic E-state index is -0.0615. The maximum Gasteiger partial charge on any atom is 0.161 e. The van der Waals surface area contributed by atoms with E-state index in [1.54, 1.807) is 0 Å². The molecule has 0 heterocycles. The van der Waals surface area contributed by atoms with Crippen LogP contribution in [0.25, 0.3) is 0 Å². The minimum Gasteiger partial charge on any atom is -0.353 e. The van der Waals surface area contributed by atoms with Gasteiger partial charge in [-0.2, -0.15) is 0 Å². The molecule has 84 valence electrons. The zero-order valence-corrected chi connectivity index (χ0v) is 9.75. The van der Waals surface area contributed by atoms with Crippen LogP contribution in [0.5, 0.6) is 0 Å². The third-order valence-corrected chi connectivity index (χ3v) is 3.35. The Hall–Kier alpha value is -0.120. The van der Waals surface area contributed by atoms with Gasteiger partial charge in [-0.05, 0) is 31.7 Å². The highest BCUT2D eigenvalue weighted by Gasteiger charge is 2.61. The van der Waals surface area contributed by atoms with E-state index in [2.05, 4.69) is 13.8 Å². The van der Waals surface area contributed by atoms with Crippen molar-refractivity contribution in [2.75, 3.05) is 19.8 Å². The van der Waals surface area contributed by atoms with Crippen molar-refractivity contribution in [1.82, 2.24) is 0 Å². The fraction of sp³-hybridized carbons (Fsp3) is 1.00. The van der Waals surface area contributed by atoms with E-state index >= 15 is 0 Å². The van der Waals surface area contributed by atoms with Crippen LogP contribution in [0, 0.1) is 17.3 Å². The van der Waals surface area contributed by atoms with Crippen molar-refractivity contribution in [3.63, 3.8) is 0 Å². The highest BCUT2D eigenvalue weighted by atomic mass is 16.7. The van der Waals surface area contributed by atoms with Crippen LogP contribution in [-0.2, 0) is 9.47 Å². The lowest BCUT2D eigenvalue weighted by molar-refractivity contribution is -0.154. The van der Waals surface area contributed by atoms with Gasteiger partial charge in [-0.1, -0.05) is 13.8 Å². The summed E-state index contributed by atoms with van der Waals surface area (Å²) in [7, 11) is 0. The van der Waals surface area contributed by atoms with Crippen LogP contribution >= 0.6 is 0 Å². The number of ether oxygens (including phenoxy) is 2. The summed E-state index contributed by atoms with van der Waals surface area (Å²) in [5.74, 6) is 1.01. The Morgan fingerprint density at radius 3 is 2.00 bits per heavy atom. The Morgan fingerprint density at radius 2 is 1.71 bits per heavy atom. The zero-order valence-electron chi connectivity index (χ0n) is 9.75. The normalized spacial score (nSPS) is 29.6. The van der Waals surface area contributed by atoms with Crippen molar-refractivity contribution >= 4 is 0 Å². The topological polar surface area (TPSA) is 44.5 Å². The number of hydrogen-bond donors (Lipinski definition) is 1. The molecule has 0 spiro atoms. The summed E-state index contributed by atoms with van der Waals surface area (Å²) < 4.78 is 11.2. The highest BCUT2D eigenvalue weighted by molar-refractivity contribution is 5.06. The molecule has 0 saturated heterocycles. The van der Waals surface area contributed by atoms with Crippen LogP contribution in [-0.4, -0.2) is 26.0 Å². The van der Waals surface area contributed by atoms with Crippen molar-refractivity contribution in [3.8, 4) is 0 Å². The van der Waals surface area contributed by atoms with E-state index in [1.165, 1.54) is 0 Å². The van der Waals surface area contributed by atoms with Gasteiger partial charge in [-0.3, -0.25) is 0 Å². The van der Waals surface area contributed by atoms with Gasteiger partial charge in [-0.15, -0.1) is 0 Å². The average molecular weight is 201 g/mol. The van der Waals surface area contributed by atoms with Gasteiger partial charge in [0.05, 0.1) is 0 Å². The number of rotatable bonds is 6. The van der Waals surface area contributed by atoms with Gasteiger partial charge in [0, 0.05) is 19.1 Å². The van der Waals surface area contributed by atoms with E-state index in [-0.39, 0.29) is 11.7 Å². The summed E-state index contributed by atoms with van der Waals surface area (Å²) in [6.07, 6.45) is -0.0615. The Kier molecular flexibility index (Phi) is 3.93. The van der Waals surface area contributed by atoms with Crippen molar-refractivity contribution in [2.24, 2.45) is 23.0 Å². The minimum absolute atomic E-state index is 0.0615. The van der Waals surface area contributed by atoms with E-state index in [9.17, 15) is 0 Å². The summed E-state index contributed by atoms with van der Waals surface area (Å²) in [5.41, 5.74) is 6.00. The second kappa shape index (κ2) is 4.60. The Morgan fingerprint density at radius 1 is 1.21 bits per heavy atom. The standard InChI is InChI=1S/C11H23NO2/c1-5-13-10(14-6-2)9-8(7-12)11(9,3)4/h8-10H,5-7,12H2,1-4H3/t8-,9+/m1/s1. The SMILES string of the molecule is CCOC(OCC)[C@@H]1[C@@H](CN)C1(C)C. The molecule has 1 fully saturated rings. The lowest BCUT2D eigenvalue weighted by Gasteiger charge is -2.18. The molecule has 1 saturated carbocycles. The van der Waals surface area contributed by atoms with E-state index < -0.39 is 0 Å². The van der Waals surface area contributed by atoms with E-state index in [1.807, 2.05) is 13.8 Å². The van der Waals surface area contributed by atoms with Gasteiger partial charge in [0.2, 0.25) is 0 Å². The third kappa shape index (κ3) is 2.10. The fourth-order valence-electron chi connectivity index (χ4n) is 2.36. The van der Waals surface area contributed by atoms with Crippen molar-refractivity contribution in [3.05, 3.63) is 0 Å². The molecule has 1 aliphatic carbocycles. The summed E-state index contributed by atoms with van der Waals surface area (Å²) in [6.45, 7) is 10.6. The van der Waals surface area contributed by atoms with Gasteiger partial charge >= 0.3 is 0 Å². The fourth-order valence-corrected chi connectivity index (χ4v) is 2.36. The van der Waals surface area contributed by atoms with Gasteiger partial charge in [0.25, 0.3) is 0 Å². The molecule has 2 N–H and O–H groups in total. The largest absolute Gasteiger partial charge is 0.353 e. The average Bonchev–Trinajstić information content (AvgIpc) is 2.67. The highest BCUT2D eigenvalue weighted by Crippen LogP contribution is 2.60. The zero-order chi connectivity index (χ0) is 10.8. The molecule has 0 amide bonds. The molecule has 14 heavy (non-hydrogen) atoms. The third-order valence-electron chi connectivity index (χ3n) is 3.35. The molecule has 0 aromatic heterocycles. The molecule has 0 aromatic carbocycles.